The molecule has 2 aromatic carbocycles. The average molecular weight is 419 g/mol. The molecule has 1 aromatic heterocycles. The molecule has 0 atom stereocenters. The minimum absolute atomic E-state index is 0.251. The van der Waals surface area contributed by atoms with E-state index in [4.69, 9.17) is 9.47 Å². The molecule has 6 heteroatoms. The van der Waals surface area contributed by atoms with Gasteiger partial charge in [0.2, 0.25) is 0 Å². The number of benzene rings is 2. The number of hydrogen-bond acceptors (Lipinski definition) is 5. The molecule has 0 radical (unpaired) electrons. The van der Waals surface area contributed by atoms with E-state index in [9.17, 15) is 14.7 Å². The van der Waals surface area contributed by atoms with Crippen LogP contribution in [0, 0.1) is 0 Å². The predicted molar refractivity (Wildman–Crippen MR) is 118 cm³/mol. The number of methoxy groups -OCH3 is 1. The van der Waals surface area contributed by atoms with Crippen LogP contribution in [0.15, 0.2) is 54.6 Å². The second-order valence-electron chi connectivity index (χ2n) is 6.97. The molecular formula is C25H25NO5. The summed E-state index contributed by atoms with van der Waals surface area (Å²) >= 11 is 0. The Balaban J connectivity index is 1.85. The molecule has 0 aliphatic rings. The van der Waals surface area contributed by atoms with Gasteiger partial charge in [0.1, 0.15) is 17.9 Å². The minimum Gasteiger partial charge on any atom is -0.488 e. The highest BCUT2D eigenvalue weighted by Gasteiger charge is 2.20. The topological polar surface area (TPSA) is 85.7 Å². The van der Waals surface area contributed by atoms with Crippen LogP contribution in [0.25, 0.3) is 11.1 Å². The largest absolute Gasteiger partial charge is 0.488 e. The molecule has 1 N–H and O–H groups in total. The van der Waals surface area contributed by atoms with Gasteiger partial charge >= 0.3 is 11.9 Å². The number of aromatic carboxylic acids is 1. The summed E-state index contributed by atoms with van der Waals surface area (Å²) in [5.41, 5.74) is 4.47. The number of rotatable bonds is 8. The normalized spacial score (nSPS) is 10.5. The van der Waals surface area contributed by atoms with Crippen LogP contribution in [-0.4, -0.2) is 29.1 Å². The number of aromatic nitrogens is 1. The highest BCUT2D eigenvalue weighted by molar-refractivity contribution is 5.96. The maximum absolute atomic E-state index is 12.3. The van der Waals surface area contributed by atoms with Crippen LogP contribution in [-0.2, 0) is 24.2 Å². The Labute approximate surface area is 181 Å². The van der Waals surface area contributed by atoms with Crippen LogP contribution in [0.3, 0.4) is 0 Å². The summed E-state index contributed by atoms with van der Waals surface area (Å²) in [6, 6.07) is 16.2. The Morgan fingerprint density at radius 3 is 2.32 bits per heavy atom. The number of nitrogens with zero attached hydrogens (tertiary/aromatic N) is 1. The standard InChI is InChI=1S/C25H25NO5/c1-4-18-14-22(23(25(29)30-3)21(5-2)26-18)31-15-16-10-12-17(13-11-16)19-8-6-7-9-20(19)24(27)28/h6-14H,4-5,15H2,1-3H3,(H,27,28). The number of carbonyl (C=O) groups excluding carboxylic acids is 1. The quantitative estimate of drug-likeness (QED) is 0.521. The van der Waals surface area contributed by atoms with Crippen molar-refractivity contribution >= 4 is 11.9 Å². The molecule has 160 valence electrons. The van der Waals surface area contributed by atoms with Gasteiger partial charge in [-0.05, 0) is 35.6 Å². The van der Waals surface area contributed by atoms with E-state index in [0.717, 1.165) is 23.2 Å². The zero-order valence-corrected chi connectivity index (χ0v) is 17.8. The summed E-state index contributed by atoms with van der Waals surface area (Å²) in [5.74, 6) is -0.979. The lowest BCUT2D eigenvalue weighted by atomic mass is 9.99. The smallest absolute Gasteiger partial charge is 0.343 e. The van der Waals surface area contributed by atoms with Crippen LogP contribution in [0.2, 0.25) is 0 Å². The molecule has 0 bridgehead atoms. The fraction of sp³-hybridized carbons (Fsp3) is 0.240. The maximum atomic E-state index is 12.3. The second kappa shape index (κ2) is 9.89. The lowest BCUT2D eigenvalue weighted by molar-refractivity contribution is 0.0592. The van der Waals surface area contributed by atoms with Gasteiger partial charge in [-0.15, -0.1) is 0 Å². The van der Waals surface area contributed by atoms with Gasteiger partial charge in [-0.1, -0.05) is 56.3 Å². The summed E-state index contributed by atoms with van der Waals surface area (Å²) in [6.07, 6.45) is 1.31. The summed E-state index contributed by atoms with van der Waals surface area (Å²) in [6.45, 7) is 4.18. The Kier molecular flexibility index (Phi) is 7.03. The SMILES string of the molecule is CCc1cc(OCc2ccc(-c3ccccc3C(=O)O)cc2)c(C(=O)OC)c(CC)n1. The molecule has 0 aliphatic carbocycles. The lowest BCUT2D eigenvalue weighted by Gasteiger charge is -2.15. The summed E-state index contributed by atoms with van der Waals surface area (Å²) in [7, 11) is 1.34. The van der Waals surface area contributed by atoms with Crippen molar-refractivity contribution in [1.82, 2.24) is 4.98 Å². The van der Waals surface area contributed by atoms with Gasteiger partial charge in [0.15, 0.2) is 0 Å². The Bertz CT molecular complexity index is 1090. The first-order chi connectivity index (χ1) is 15.0. The maximum Gasteiger partial charge on any atom is 0.343 e. The minimum atomic E-state index is -0.963. The second-order valence-corrected chi connectivity index (χ2v) is 6.97. The van der Waals surface area contributed by atoms with Crippen molar-refractivity contribution in [3.05, 3.63) is 82.7 Å². The molecule has 0 spiro atoms. The van der Waals surface area contributed by atoms with Gasteiger partial charge in [0.05, 0.1) is 18.4 Å². The first kappa shape index (κ1) is 22.0. The molecule has 0 fully saturated rings. The van der Waals surface area contributed by atoms with Crippen LogP contribution in [0.4, 0.5) is 0 Å². The number of carboxylic acid groups (broad SMARTS) is 1. The third kappa shape index (κ3) is 4.91. The monoisotopic (exact) mass is 419 g/mol. The Morgan fingerprint density at radius 1 is 1.00 bits per heavy atom. The summed E-state index contributed by atoms with van der Waals surface area (Å²) < 4.78 is 10.9. The Hall–Kier alpha value is -3.67. The third-order valence-corrected chi connectivity index (χ3v) is 5.01. The average Bonchev–Trinajstić information content (AvgIpc) is 2.81. The van der Waals surface area contributed by atoms with E-state index in [1.54, 1.807) is 24.3 Å². The number of ether oxygens (including phenoxy) is 2. The van der Waals surface area contributed by atoms with Crippen molar-refractivity contribution in [2.45, 2.75) is 33.3 Å². The summed E-state index contributed by atoms with van der Waals surface area (Å²) in [5, 5.41) is 9.41. The van der Waals surface area contributed by atoms with E-state index in [2.05, 4.69) is 4.98 Å². The van der Waals surface area contributed by atoms with Crippen LogP contribution >= 0.6 is 0 Å². The van der Waals surface area contributed by atoms with Gasteiger partial charge in [-0.25, -0.2) is 9.59 Å². The fourth-order valence-corrected chi connectivity index (χ4v) is 3.36. The molecule has 31 heavy (non-hydrogen) atoms. The van der Waals surface area contributed by atoms with E-state index in [0.29, 0.717) is 29.0 Å². The molecule has 0 saturated heterocycles. The number of pyridine rings is 1. The first-order valence-electron chi connectivity index (χ1n) is 10.1. The van der Waals surface area contributed by atoms with Gasteiger partial charge in [-0.2, -0.15) is 0 Å². The van der Waals surface area contributed by atoms with Gasteiger partial charge in [0.25, 0.3) is 0 Å². The van der Waals surface area contributed by atoms with E-state index in [1.165, 1.54) is 7.11 Å². The van der Waals surface area contributed by atoms with Crippen molar-refractivity contribution in [3.63, 3.8) is 0 Å². The van der Waals surface area contributed by atoms with Gasteiger partial charge in [-0.3, -0.25) is 4.98 Å². The van der Waals surface area contributed by atoms with Crippen molar-refractivity contribution in [3.8, 4) is 16.9 Å². The predicted octanol–water partition coefficient (Wildman–Crippen LogP) is 4.94. The summed E-state index contributed by atoms with van der Waals surface area (Å²) in [4.78, 5) is 28.3. The molecule has 1 heterocycles. The number of carboxylic acids is 1. The van der Waals surface area contributed by atoms with E-state index < -0.39 is 11.9 Å². The van der Waals surface area contributed by atoms with E-state index in [1.807, 2.05) is 44.2 Å². The van der Waals surface area contributed by atoms with E-state index >= 15 is 0 Å². The molecular weight excluding hydrogens is 394 g/mol. The zero-order valence-electron chi connectivity index (χ0n) is 17.8. The van der Waals surface area contributed by atoms with Crippen molar-refractivity contribution in [2.24, 2.45) is 0 Å². The molecule has 3 rings (SSSR count). The number of carbonyl (C=O) groups is 2. The highest BCUT2D eigenvalue weighted by atomic mass is 16.5. The van der Waals surface area contributed by atoms with E-state index in [-0.39, 0.29) is 12.2 Å². The first-order valence-corrected chi connectivity index (χ1v) is 10.1. The van der Waals surface area contributed by atoms with Crippen molar-refractivity contribution in [2.75, 3.05) is 7.11 Å². The third-order valence-electron chi connectivity index (χ3n) is 5.01. The van der Waals surface area contributed by atoms with Crippen LogP contribution in [0.1, 0.15) is 51.5 Å². The van der Waals surface area contributed by atoms with Gasteiger partial charge < -0.3 is 14.6 Å². The number of aryl methyl sites for hydroxylation is 2. The lowest BCUT2D eigenvalue weighted by Crippen LogP contribution is -2.12. The fourth-order valence-electron chi connectivity index (χ4n) is 3.36. The molecule has 3 aromatic rings. The molecule has 0 amide bonds. The molecule has 6 nitrogen and oxygen atoms in total. The number of esters is 1. The number of hydrogen-bond donors (Lipinski definition) is 1. The highest BCUT2D eigenvalue weighted by Crippen LogP contribution is 2.27. The van der Waals surface area contributed by atoms with Crippen LogP contribution < -0.4 is 4.74 Å². The van der Waals surface area contributed by atoms with Gasteiger partial charge in [0, 0.05) is 11.8 Å². The zero-order chi connectivity index (χ0) is 22.4. The van der Waals surface area contributed by atoms with Crippen molar-refractivity contribution in [1.29, 1.82) is 0 Å². The molecule has 0 aliphatic heterocycles. The van der Waals surface area contributed by atoms with Crippen LogP contribution in [0.5, 0.6) is 5.75 Å². The molecule has 0 saturated carbocycles. The Morgan fingerprint density at radius 2 is 1.71 bits per heavy atom. The van der Waals surface area contributed by atoms with Crippen molar-refractivity contribution < 1.29 is 24.2 Å². The molecule has 0 unspecified atom stereocenters.